The number of fused-ring (bicyclic) bond motifs is 1. The van der Waals surface area contributed by atoms with Crippen LogP contribution in [0.2, 0.25) is 0 Å². The molecule has 0 saturated heterocycles. The molecule has 0 aliphatic heterocycles. The molecule has 0 bridgehead atoms. The monoisotopic (exact) mass is 294 g/mol. The molecule has 21 heavy (non-hydrogen) atoms. The van der Waals surface area contributed by atoms with Crippen LogP contribution < -0.4 is 0 Å². The van der Waals surface area contributed by atoms with Crippen LogP contribution in [0.15, 0.2) is 30.5 Å². The number of hydrogen-bond acceptors (Lipinski definition) is 4. The first-order valence-electron chi connectivity index (χ1n) is 5.62. The van der Waals surface area contributed by atoms with E-state index in [1.165, 1.54) is 12.1 Å². The fourth-order valence-corrected chi connectivity index (χ4v) is 1.79. The van der Waals surface area contributed by atoms with E-state index in [0.29, 0.717) is 0 Å². The Kier molecular flexibility index (Phi) is 2.82. The lowest BCUT2D eigenvalue weighted by atomic mass is 10.2. The quantitative estimate of drug-likeness (QED) is 0.414. The third kappa shape index (κ3) is 2.08. The number of rotatable bonds is 2. The Labute approximate surface area is 114 Å². The molecule has 0 aliphatic carbocycles. The Morgan fingerprint density at radius 3 is 2.57 bits per heavy atom. The maximum absolute atomic E-state index is 13.7. The second-order valence-corrected chi connectivity index (χ2v) is 4.11. The topological polar surface area (TPSA) is 73.3 Å². The fraction of sp³-hybridized carbons (Fsp3) is 0. The molecular formula is C12H5F3N4O2. The lowest BCUT2D eigenvalue weighted by Gasteiger charge is -1.99. The van der Waals surface area contributed by atoms with Gasteiger partial charge in [0.1, 0.15) is 6.20 Å². The van der Waals surface area contributed by atoms with E-state index in [9.17, 15) is 23.3 Å². The van der Waals surface area contributed by atoms with Crippen LogP contribution in [0, 0.1) is 27.6 Å². The number of nitro groups is 1. The summed E-state index contributed by atoms with van der Waals surface area (Å²) in [6.07, 6.45) is 1.09. The van der Waals surface area contributed by atoms with E-state index in [1.54, 1.807) is 0 Å². The standard InChI is InChI=1S/C12H5F3N4O2/c13-8-3-2-7(10(14)11(8)15)12-16-9-4-1-6(19(20)21)5-18(9)17-12/h1-5H. The van der Waals surface area contributed by atoms with Crippen LogP contribution in [0.1, 0.15) is 0 Å². The molecule has 0 atom stereocenters. The first-order chi connectivity index (χ1) is 9.97. The highest BCUT2D eigenvalue weighted by molar-refractivity contribution is 5.59. The van der Waals surface area contributed by atoms with Gasteiger partial charge in [-0.3, -0.25) is 10.1 Å². The minimum absolute atomic E-state index is 0.202. The van der Waals surface area contributed by atoms with E-state index in [2.05, 4.69) is 10.1 Å². The summed E-state index contributed by atoms with van der Waals surface area (Å²) in [5, 5.41) is 14.5. The van der Waals surface area contributed by atoms with E-state index >= 15 is 0 Å². The molecule has 0 N–H and O–H groups in total. The molecule has 1 aromatic carbocycles. The van der Waals surface area contributed by atoms with Gasteiger partial charge < -0.3 is 0 Å². The fourth-order valence-electron chi connectivity index (χ4n) is 1.79. The van der Waals surface area contributed by atoms with Gasteiger partial charge in [0, 0.05) is 6.07 Å². The lowest BCUT2D eigenvalue weighted by molar-refractivity contribution is -0.385. The van der Waals surface area contributed by atoms with Crippen molar-refractivity contribution >= 4 is 11.3 Å². The van der Waals surface area contributed by atoms with Gasteiger partial charge >= 0.3 is 0 Å². The molecule has 0 aliphatic rings. The Hall–Kier alpha value is -2.97. The zero-order valence-electron chi connectivity index (χ0n) is 10.1. The predicted octanol–water partition coefficient (Wildman–Crippen LogP) is 2.72. The van der Waals surface area contributed by atoms with Crippen molar-refractivity contribution in [3.8, 4) is 11.4 Å². The highest BCUT2D eigenvalue weighted by Gasteiger charge is 2.18. The third-order valence-electron chi connectivity index (χ3n) is 2.80. The minimum Gasteiger partial charge on any atom is -0.258 e. The molecule has 0 spiro atoms. The molecule has 3 rings (SSSR count). The van der Waals surface area contributed by atoms with Crippen LogP contribution in [-0.4, -0.2) is 19.5 Å². The van der Waals surface area contributed by atoms with Gasteiger partial charge in [0.05, 0.1) is 10.5 Å². The van der Waals surface area contributed by atoms with Crippen molar-refractivity contribution < 1.29 is 18.1 Å². The summed E-state index contributed by atoms with van der Waals surface area (Å²) in [6.45, 7) is 0. The first-order valence-corrected chi connectivity index (χ1v) is 5.62. The molecule has 0 amide bonds. The van der Waals surface area contributed by atoms with Crippen molar-refractivity contribution in [2.75, 3.05) is 0 Å². The predicted molar refractivity (Wildman–Crippen MR) is 65.0 cm³/mol. The van der Waals surface area contributed by atoms with Gasteiger partial charge in [-0.25, -0.2) is 22.7 Å². The highest BCUT2D eigenvalue weighted by Crippen LogP contribution is 2.24. The number of pyridine rings is 1. The molecule has 2 aromatic heterocycles. The summed E-state index contributed by atoms with van der Waals surface area (Å²) < 4.78 is 40.8. The molecule has 3 aromatic rings. The van der Waals surface area contributed by atoms with Crippen LogP contribution in [0.4, 0.5) is 18.9 Å². The summed E-state index contributed by atoms with van der Waals surface area (Å²) in [6, 6.07) is 4.26. The lowest BCUT2D eigenvalue weighted by Crippen LogP contribution is -1.95. The average Bonchev–Trinajstić information content (AvgIpc) is 2.87. The van der Waals surface area contributed by atoms with Gasteiger partial charge in [0.25, 0.3) is 5.69 Å². The van der Waals surface area contributed by atoms with E-state index in [0.717, 1.165) is 22.8 Å². The molecule has 9 heteroatoms. The van der Waals surface area contributed by atoms with Gasteiger partial charge in [0.15, 0.2) is 28.9 Å². The highest BCUT2D eigenvalue weighted by atomic mass is 19.2. The summed E-state index contributed by atoms with van der Waals surface area (Å²) >= 11 is 0. The van der Waals surface area contributed by atoms with Gasteiger partial charge in [0.2, 0.25) is 0 Å². The van der Waals surface area contributed by atoms with Crippen LogP contribution in [0.3, 0.4) is 0 Å². The third-order valence-corrected chi connectivity index (χ3v) is 2.80. The van der Waals surface area contributed by atoms with E-state index in [1.807, 2.05) is 0 Å². The smallest absolute Gasteiger partial charge is 0.258 e. The van der Waals surface area contributed by atoms with E-state index in [-0.39, 0.29) is 22.7 Å². The SMILES string of the molecule is O=[N+]([O-])c1ccc2nc(-c3ccc(F)c(F)c3F)nn2c1. The second kappa shape index (κ2) is 4.54. The Morgan fingerprint density at radius 2 is 1.86 bits per heavy atom. The van der Waals surface area contributed by atoms with Crippen molar-refractivity contribution in [1.29, 1.82) is 0 Å². The summed E-state index contributed by atoms with van der Waals surface area (Å²) in [5.74, 6) is -4.57. The minimum atomic E-state index is -1.63. The molecular weight excluding hydrogens is 289 g/mol. The summed E-state index contributed by atoms with van der Waals surface area (Å²) in [5.41, 5.74) is -0.357. The van der Waals surface area contributed by atoms with Crippen LogP contribution in [0.5, 0.6) is 0 Å². The summed E-state index contributed by atoms with van der Waals surface area (Å²) in [4.78, 5) is 13.9. The number of aromatic nitrogens is 3. The van der Waals surface area contributed by atoms with Crippen molar-refractivity contribution in [2.45, 2.75) is 0 Å². The average molecular weight is 294 g/mol. The number of hydrogen-bond donors (Lipinski definition) is 0. The van der Waals surface area contributed by atoms with Crippen molar-refractivity contribution in [3.63, 3.8) is 0 Å². The van der Waals surface area contributed by atoms with Gasteiger partial charge in [-0.15, -0.1) is 5.10 Å². The molecule has 6 nitrogen and oxygen atoms in total. The molecule has 0 radical (unpaired) electrons. The van der Waals surface area contributed by atoms with Crippen LogP contribution in [-0.2, 0) is 0 Å². The number of benzene rings is 1. The maximum atomic E-state index is 13.7. The van der Waals surface area contributed by atoms with Crippen molar-refractivity contribution in [1.82, 2.24) is 14.6 Å². The van der Waals surface area contributed by atoms with Crippen LogP contribution >= 0.6 is 0 Å². The van der Waals surface area contributed by atoms with Crippen LogP contribution in [0.25, 0.3) is 17.0 Å². The van der Waals surface area contributed by atoms with E-state index < -0.39 is 22.4 Å². The second-order valence-electron chi connectivity index (χ2n) is 4.11. The number of nitrogens with zero attached hydrogens (tertiary/aromatic N) is 4. The maximum Gasteiger partial charge on any atom is 0.287 e. The Morgan fingerprint density at radius 1 is 1.10 bits per heavy atom. The Balaban J connectivity index is 2.18. The molecule has 2 heterocycles. The number of halogens is 3. The normalized spacial score (nSPS) is 11.0. The van der Waals surface area contributed by atoms with Crippen molar-refractivity contribution in [2.24, 2.45) is 0 Å². The largest absolute Gasteiger partial charge is 0.287 e. The first kappa shape index (κ1) is 13.0. The molecule has 0 unspecified atom stereocenters. The Bertz CT molecular complexity index is 878. The van der Waals surface area contributed by atoms with Gasteiger partial charge in [-0.2, -0.15) is 0 Å². The van der Waals surface area contributed by atoms with Gasteiger partial charge in [-0.05, 0) is 18.2 Å². The van der Waals surface area contributed by atoms with Gasteiger partial charge in [-0.1, -0.05) is 0 Å². The zero-order chi connectivity index (χ0) is 15.1. The summed E-state index contributed by atoms with van der Waals surface area (Å²) in [7, 11) is 0. The van der Waals surface area contributed by atoms with E-state index in [4.69, 9.17) is 0 Å². The molecule has 106 valence electrons. The zero-order valence-corrected chi connectivity index (χ0v) is 10.1. The molecule has 0 fully saturated rings. The van der Waals surface area contributed by atoms with Crippen molar-refractivity contribution in [3.05, 3.63) is 58.0 Å². The molecule has 0 saturated carbocycles.